The van der Waals surface area contributed by atoms with Crippen molar-refractivity contribution in [2.24, 2.45) is 0 Å². The summed E-state index contributed by atoms with van der Waals surface area (Å²) < 4.78 is 10.4. The van der Waals surface area contributed by atoms with E-state index in [1.165, 1.54) is 11.1 Å². The van der Waals surface area contributed by atoms with Gasteiger partial charge in [0.1, 0.15) is 0 Å². The van der Waals surface area contributed by atoms with E-state index in [9.17, 15) is 9.59 Å². The average molecular weight is 338 g/mol. The highest BCUT2D eigenvalue weighted by Gasteiger charge is 2.46. The molecule has 0 spiro atoms. The topological polar surface area (TPSA) is 93.1 Å². The highest BCUT2D eigenvalue weighted by molar-refractivity contribution is 5.84. The molecule has 0 radical (unpaired) electrons. The molecule has 2 atom stereocenters. The van der Waals surface area contributed by atoms with Crippen molar-refractivity contribution in [3.8, 4) is 0 Å². The molecular formula is C18H26O6. The van der Waals surface area contributed by atoms with Crippen molar-refractivity contribution in [2.45, 2.75) is 65.0 Å². The van der Waals surface area contributed by atoms with E-state index in [-0.39, 0.29) is 0 Å². The summed E-state index contributed by atoms with van der Waals surface area (Å²) in [7, 11) is 0. The van der Waals surface area contributed by atoms with Gasteiger partial charge in [0.25, 0.3) is 0 Å². The van der Waals surface area contributed by atoms with Crippen molar-refractivity contribution in [2.75, 3.05) is 0 Å². The molecule has 6 heteroatoms. The summed E-state index contributed by atoms with van der Waals surface area (Å²) in [6.07, 6.45) is 3.53. The van der Waals surface area contributed by atoms with E-state index in [4.69, 9.17) is 19.7 Å². The average Bonchev–Trinajstić information content (AvgIpc) is 2.92. The van der Waals surface area contributed by atoms with Crippen LogP contribution in [0.25, 0.3) is 0 Å². The first-order chi connectivity index (χ1) is 11.2. The lowest BCUT2D eigenvalue weighted by atomic mass is 10.1. The normalized spacial score (nSPS) is 21.5. The van der Waals surface area contributed by atoms with Gasteiger partial charge >= 0.3 is 11.9 Å². The Bertz CT molecular complexity index is 520. The van der Waals surface area contributed by atoms with E-state index in [0.717, 1.165) is 19.3 Å². The van der Waals surface area contributed by atoms with Crippen LogP contribution in [0.15, 0.2) is 35.5 Å². The van der Waals surface area contributed by atoms with Crippen molar-refractivity contribution in [3.63, 3.8) is 0 Å². The molecule has 1 heterocycles. The third-order valence-electron chi connectivity index (χ3n) is 3.69. The van der Waals surface area contributed by atoms with Crippen molar-refractivity contribution >= 4 is 11.9 Å². The van der Waals surface area contributed by atoms with E-state index in [1.54, 1.807) is 0 Å². The van der Waals surface area contributed by atoms with E-state index >= 15 is 0 Å². The molecule has 0 bridgehead atoms. The van der Waals surface area contributed by atoms with Gasteiger partial charge in [-0.2, -0.15) is 0 Å². The minimum absolute atomic E-state index is 0.540. The first-order valence-corrected chi connectivity index (χ1v) is 7.95. The Morgan fingerprint density at radius 3 is 1.92 bits per heavy atom. The summed E-state index contributed by atoms with van der Waals surface area (Å²) in [6, 6.07) is 0. The zero-order valence-corrected chi connectivity index (χ0v) is 14.4. The Balaban J connectivity index is 2.47. The van der Waals surface area contributed by atoms with Gasteiger partial charge in [-0.05, 0) is 52.0 Å². The maximum absolute atomic E-state index is 11.0. The molecule has 0 aromatic rings. The second kappa shape index (κ2) is 9.39. The van der Waals surface area contributed by atoms with Crippen molar-refractivity contribution < 1.29 is 29.3 Å². The fourth-order valence-electron chi connectivity index (χ4n) is 2.32. The van der Waals surface area contributed by atoms with Gasteiger partial charge in [-0.15, -0.1) is 0 Å². The highest BCUT2D eigenvalue weighted by Crippen LogP contribution is 2.26. The smallest absolute Gasteiger partial charge is 0.336 e. The number of carboxylic acid groups (broad SMARTS) is 2. The number of ether oxygens (including phenoxy) is 2. The van der Waals surface area contributed by atoms with Crippen LogP contribution in [0.5, 0.6) is 0 Å². The monoisotopic (exact) mass is 338 g/mol. The summed E-state index contributed by atoms with van der Waals surface area (Å²) in [4.78, 5) is 22.0. The summed E-state index contributed by atoms with van der Waals surface area (Å²) in [5.74, 6) is -2.71. The number of carboxylic acids is 2. The van der Waals surface area contributed by atoms with Gasteiger partial charge in [0.2, 0.25) is 0 Å². The minimum atomic E-state index is -1.51. The lowest BCUT2D eigenvalue weighted by molar-refractivity contribution is -0.156. The van der Waals surface area contributed by atoms with E-state index < -0.39 is 30.4 Å². The second-order valence-electron chi connectivity index (χ2n) is 6.19. The first kappa shape index (κ1) is 20.1. The minimum Gasteiger partial charge on any atom is -0.479 e. The summed E-state index contributed by atoms with van der Waals surface area (Å²) in [5.41, 5.74) is 3.10. The Morgan fingerprint density at radius 2 is 1.46 bits per heavy atom. The fraction of sp³-hybridized carbons (Fsp3) is 0.556. The van der Waals surface area contributed by atoms with E-state index in [0.29, 0.717) is 12.0 Å². The maximum Gasteiger partial charge on any atom is 0.336 e. The van der Waals surface area contributed by atoms with E-state index in [2.05, 4.69) is 39.5 Å². The van der Waals surface area contributed by atoms with Crippen LogP contribution in [0.3, 0.4) is 0 Å². The standard InChI is InChI=1S/C18H26O6/c1-11(2)7-5-8-12(3)9-6-10-13(4)18-23-14(16(19)20)15(24-18)17(21)22/h7,9,14-15,18H,4-6,8,10H2,1-3H3,(H,19,20)(H,21,22)/t14-,15-/m0/s1. The van der Waals surface area contributed by atoms with Crippen molar-refractivity contribution in [3.05, 3.63) is 35.5 Å². The molecule has 24 heavy (non-hydrogen) atoms. The Hall–Kier alpha value is -1.92. The lowest BCUT2D eigenvalue weighted by Gasteiger charge is -2.12. The summed E-state index contributed by atoms with van der Waals surface area (Å²) >= 11 is 0. The molecule has 134 valence electrons. The molecule has 1 fully saturated rings. The Kier molecular flexibility index (Phi) is 7.88. The number of allylic oxidation sites excluding steroid dienone is 4. The zero-order chi connectivity index (χ0) is 18.3. The van der Waals surface area contributed by atoms with Gasteiger partial charge in [-0.1, -0.05) is 29.9 Å². The van der Waals surface area contributed by atoms with Crippen LogP contribution in [-0.2, 0) is 19.1 Å². The molecule has 0 amide bonds. The number of rotatable bonds is 9. The largest absolute Gasteiger partial charge is 0.479 e. The SMILES string of the molecule is C=C(CCC=C(C)CCC=C(C)C)C1O[C@H](C(=O)O)[C@@H](C(=O)O)O1. The third-order valence-corrected chi connectivity index (χ3v) is 3.69. The van der Waals surface area contributed by atoms with Crippen LogP contribution in [0.2, 0.25) is 0 Å². The molecule has 1 aliphatic heterocycles. The predicted octanol–water partition coefficient (Wildman–Crippen LogP) is 3.29. The maximum atomic E-state index is 11.0. The molecule has 0 aromatic heterocycles. The van der Waals surface area contributed by atoms with Gasteiger partial charge in [-0.25, -0.2) is 9.59 Å². The molecule has 1 saturated heterocycles. The molecule has 2 N–H and O–H groups in total. The summed E-state index contributed by atoms with van der Waals surface area (Å²) in [6.45, 7) is 10.0. The molecular weight excluding hydrogens is 312 g/mol. The molecule has 1 rings (SSSR count). The van der Waals surface area contributed by atoms with Crippen molar-refractivity contribution in [1.29, 1.82) is 0 Å². The molecule has 1 aliphatic rings. The predicted molar refractivity (Wildman–Crippen MR) is 89.6 cm³/mol. The van der Waals surface area contributed by atoms with Crippen LogP contribution >= 0.6 is 0 Å². The second-order valence-corrected chi connectivity index (χ2v) is 6.19. The number of aliphatic carboxylic acids is 2. The molecule has 0 saturated carbocycles. The Labute approximate surface area is 142 Å². The van der Waals surface area contributed by atoms with Gasteiger partial charge in [0.05, 0.1) is 0 Å². The van der Waals surface area contributed by atoms with Crippen LogP contribution in [0.1, 0.15) is 46.5 Å². The van der Waals surface area contributed by atoms with Gasteiger partial charge in [0, 0.05) is 0 Å². The Morgan fingerprint density at radius 1 is 0.958 bits per heavy atom. The molecule has 0 aliphatic carbocycles. The zero-order valence-electron chi connectivity index (χ0n) is 14.4. The van der Waals surface area contributed by atoms with Crippen molar-refractivity contribution in [1.82, 2.24) is 0 Å². The van der Waals surface area contributed by atoms with Gasteiger partial charge < -0.3 is 19.7 Å². The first-order valence-electron chi connectivity index (χ1n) is 7.95. The number of hydrogen-bond donors (Lipinski definition) is 2. The van der Waals surface area contributed by atoms with Crippen LogP contribution in [0.4, 0.5) is 0 Å². The van der Waals surface area contributed by atoms with E-state index in [1.807, 2.05) is 0 Å². The van der Waals surface area contributed by atoms with Gasteiger partial charge in [0.15, 0.2) is 18.5 Å². The molecule has 0 unspecified atom stereocenters. The van der Waals surface area contributed by atoms with Crippen LogP contribution in [-0.4, -0.2) is 40.6 Å². The highest BCUT2D eigenvalue weighted by atomic mass is 16.7. The number of carbonyl (C=O) groups is 2. The molecule has 0 aromatic carbocycles. The molecule has 6 nitrogen and oxygen atoms in total. The quantitative estimate of drug-likeness (QED) is 0.627. The fourth-order valence-corrected chi connectivity index (χ4v) is 2.32. The van der Waals surface area contributed by atoms with Crippen LogP contribution < -0.4 is 0 Å². The van der Waals surface area contributed by atoms with Gasteiger partial charge in [-0.3, -0.25) is 0 Å². The summed E-state index contributed by atoms with van der Waals surface area (Å²) in [5, 5.41) is 18.0. The van der Waals surface area contributed by atoms with Crippen LogP contribution in [0, 0.1) is 0 Å². The third kappa shape index (κ3) is 6.29. The number of hydrogen-bond acceptors (Lipinski definition) is 4. The lowest BCUT2D eigenvalue weighted by Crippen LogP contribution is -2.36.